The number of ether oxygens (including phenoxy) is 1. The van der Waals surface area contributed by atoms with Crippen LogP contribution >= 0.6 is 0 Å². The van der Waals surface area contributed by atoms with Crippen molar-refractivity contribution in [2.24, 2.45) is 0 Å². The molecule has 56 valence electrons. The standard InChI is InChI=1S/C8H12O2/c1-6(9)5-8-4-3-7(2)10-8/h5,7H,3-4H2,1-2H3/b8-5-/t7-/m0/s1. The lowest BCUT2D eigenvalue weighted by Crippen LogP contribution is -1.95. The summed E-state index contributed by atoms with van der Waals surface area (Å²) in [6.45, 7) is 3.56. The molecule has 0 aromatic heterocycles. The van der Waals surface area contributed by atoms with E-state index < -0.39 is 0 Å². The summed E-state index contributed by atoms with van der Waals surface area (Å²) in [4.78, 5) is 10.6. The minimum absolute atomic E-state index is 0.0732. The number of hydrogen-bond acceptors (Lipinski definition) is 2. The first-order valence-corrected chi connectivity index (χ1v) is 3.56. The van der Waals surface area contributed by atoms with Crippen molar-refractivity contribution in [3.05, 3.63) is 11.8 Å². The predicted octanol–water partition coefficient (Wildman–Crippen LogP) is 1.66. The molecule has 1 atom stereocenters. The molecule has 0 aromatic carbocycles. The van der Waals surface area contributed by atoms with Gasteiger partial charge in [0.2, 0.25) is 0 Å². The van der Waals surface area contributed by atoms with Gasteiger partial charge in [-0.15, -0.1) is 0 Å². The van der Waals surface area contributed by atoms with Gasteiger partial charge in [-0.05, 0) is 20.3 Å². The molecule has 0 spiro atoms. The van der Waals surface area contributed by atoms with Gasteiger partial charge in [-0.3, -0.25) is 4.79 Å². The van der Waals surface area contributed by atoms with Crippen LogP contribution in [0.2, 0.25) is 0 Å². The Morgan fingerprint density at radius 1 is 1.80 bits per heavy atom. The van der Waals surface area contributed by atoms with Crippen LogP contribution < -0.4 is 0 Å². The average Bonchev–Trinajstić information content (AvgIpc) is 2.13. The van der Waals surface area contributed by atoms with Crippen LogP contribution in [0.4, 0.5) is 0 Å². The second-order valence-corrected chi connectivity index (χ2v) is 2.69. The second-order valence-electron chi connectivity index (χ2n) is 2.69. The maximum atomic E-state index is 10.6. The third kappa shape index (κ3) is 1.87. The Morgan fingerprint density at radius 3 is 2.90 bits per heavy atom. The molecule has 0 aliphatic carbocycles. The first-order valence-electron chi connectivity index (χ1n) is 3.56. The van der Waals surface area contributed by atoms with E-state index in [0.29, 0.717) is 6.10 Å². The SMILES string of the molecule is CC(=O)/C=C1/CC[C@H](C)O1. The lowest BCUT2D eigenvalue weighted by molar-refractivity contribution is -0.112. The molecule has 1 heterocycles. The van der Waals surface area contributed by atoms with Crippen LogP contribution in [0.15, 0.2) is 11.8 Å². The molecule has 0 aromatic rings. The van der Waals surface area contributed by atoms with E-state index in [4.69, 9.17) is 4.74 Å². The maximum Gasteiger partial charge on any atom is 0.155 e. The fourth-order valence-electron chi connectivity index (χ4n) is 1.05. The minimum atomic E-state index is 0.0732. The highest BCUT2D eigenvalue weighted by Gasteiger charge is 2.15. The third-order valence-corrected chi connectivity index (χ3v) is 1.51. The second kappa shape index (κ2) is 2.86. The predicted molar refractivity (Wildman–Crippen MR) is 38.5 cm³/mol. The molecule has 1 aliphatic rings. The highest BCUT2D eigenvalue weighted by atomic mass is 16.5. The number of rotatable bonds is 1. The van der Waals surface area contributed by atoms with E-state index in [0.717, 1.165) is 18.6 Å². The summed E-state index contributed by atoms with van der Waals surface area (Å²) in [5, 5.41) is 0. The average molecular weight is 140 g/mol. The molecule has 0 unspecified atom stereocenters. The van der Waals surface area contributed by atoms with E-state index in [1.807, 2.05) is 6.92 Å². The van der Waals surface area contributed by atoms with E-state index in [9.17, 15) is 4.79 Å². The normalized spacial score (nSPS) is 28.6. The molecule has 1 fully saturated rings. The van der Waals surface area contributed by atoms with Crippen LogP contribution in [-0.4, -0.2) is 11.9 Å². The highest BCUT2D eigenvalue weighted by molar-refractivity contribution is 5.87. The fourth-order valence-corrected chi connectivity index (χ4v) is 1.05. The molecule has 0 saturated carbocycles. The van der Waals surface area contributed by atoms with Crippen molar-refractivity contribution < 1.29 is 9.53 Å². The summed E-state index contributed by atoms with van der Waals surface area (Å²) >= 11 is 0. The zero-order chi connectivity index (χ0) is 7.56. The Balaban J connectivity index is 2.51. The molecule has 0 bridgehead atoms. The Hall–Kier alpha value is -0.790. The van der Waals surface area contributed by atoms with Crippen molar-refractivity contribution in [3.8, 4) is 0 Å². The molecule has 2 heteroatoms. The van der Waals surface area contributed by atoms with E-state index in [2.05, 4.69) is 0 Å². The smallest absolute Gasteiger partial charge is 0.155 e. The van der Waals surface area contributed by atoms with Gasteiger partial charge in [0.1, 0.15) is 5.76 Å². The molecular formula is C8H12O2. The number of carbonyl (C=O) groups excluding carboxylic acids is 1. The van der Waals surface area contributed by atoms with Crippen molar-refractivity contribution in [2.45, 2.75) is 32.8 Å². The van der Waals surface area contributed by atoms with Crippen LogP contribution in [0.1, 0.15) is 26.7 Å². The number of allylic oxidation sites excluding steroid dienone is 2. The van der Waals surface area contributed by atoms with Crippen molar-refractivity contribution in [3.63, 3.8) is 0 Å². The topological polar surface area (TPSA) is 26.3 Å². The molecule has 0 radical (unpaired) electrons. The van der Waals surface area contributed by atoms with Crippen LogP contribution in [0.3, 0.4) is 0 Å². The Morgan fingerprint density at radius 2 is 2.50 bits per heavy atom. The van der Waals surface area contributed by atoms with E-state index >= 15 is 0 Å². The van der Waals surface area contributed by atoms with Crippen molar-refractivity contribution in [1.82, 2.24) is 0 Å². The van der Waals surface area contributed by atoms with Crippen LogP contribution in [0.25, 0.3) is 0 Å². The van der Waals surface area contributed by atoms with Crippen LogP contribution in [0, 0.1) is 0 Å². The van der Waals surface area contributed by atoms with Gasteiger partial charge < -0.3 is 4.74 Å². The van der Waals surface area contributed by atoms with Gasteiger partial charge in [0, 0.05) is 12.5 Å². The van der Waals surface area contributed by atoms with Gasteiger partial charge in [0.15, 0.2) is 5.78 Å². The summed E-state index contributed by atoms with van der Waals surface area (Å²) in [7, 11) is 0. The van der Waals surface area contributed by atoms with E-state index in [1.165, 1.54) is 0 Å². The van der Waals surface area contributed by atoms with Crippen molar-refractivity contribution in [1.29, 1.82) is 0 Å². The molecule has 10 heavy (non-hydrogen) atoms. The summed E-state index contributed by atoms with van der Waals surface area (Å²) in [5.74, 6) is 0.920. The Kier molecular flexibility index (Phi) is 2.10. The van der Waals surface area contributed by atoms with Gasteiger partial charge in [-0.2, -0.15) is 0 Å². The molecule has 1 aliphatic heterocycles. The molecular weight excluding hydrogens is 128 g/mol. The molecule has 1 rings (SSSR count). The van der Waals surface area contributed by atoms with Gasteiger partial charge >= 0.3 is 0 Å². The lowest BCUT2D eigenvalue weighted by Gasteiger charge is -2.01. The number of carbonyl (C=O) groups is 1. The first-order chi connectivity index (χ1) is 4.68. The Bertz CT molecular complexity index is 170. The third-order valence-electron chi connectivity index (χ3n) is 1.51. The van der Waals surface area contributed by atoms with Crippen LogP contribution in [-0.2, 0) is 9.53 Å². The lowest BCUT2D eigenvalue weighted by atomic mass is 10.2. The summed E-state index contributed by atoms with van der Waals surface area (Å²) in [5.41, 5.74) is 0. The van der Waals surface area contributed by atoms with Crippen molar-refractivity contribution in [2.75, 3.05) is 0 Å². The monoisotopic (exact) mass is 140 g/mol. The zero-order valence-electron chi connectivity index (χ0n) is 6.39. The largest absolute Gasteiger partial charge is 0.495 e. The van der Waals surface area contributed by atoms with Crippen LogP contribution in [0.5, 0.6) is 0 Å². The Labute approximate surface area is 60.9 Å². The van der Waals surface area contributed by atoms with Gasteiger partial charge in [0.25, 0.3) is 0 Å². The van der Waals surface area contributed by atoms with E-state index in [1.54, 1.807) is 13.0 Å². The minimum Gasteiger partial charge on any atom is -0.495 e. The van der Waals surface area contributed by atoms with Gasteiger partial charge in [-0.25, -0.2) is 0 Å². The molecule has 0 N–H and O–H groups in total. The van der Waals surface area contributed by atoms with Crippen molar-refractivity contribution >= 4 is 5.78 Å². The first kappa shape index (κ1) is 7.32. The zero-order valence-corrected chi connectivity index (χ0v) is 6.39. The summed E-state index contributed by atoms with van der Waals surface area (Å²) < 4.78 is 5.31. The quantitative estimate of drug-likeness (QED) is 0.518. The number of hydrogen-bond donors (Lipinski definition) is 0. The molecule has 1 saturated heterocycles. The fraction of sp³-hybridized carbons (Fsp3) is 0.625. The van der Waals surface area contributed by atoms with E-state index in [-0.39, 0.29) is 5.78 Å². The summed E-state index contributed by atoms with van der Waals surface area (Å²) in [6, 6.07) is 0. The highest BCUT2D eigenvalue weighted by Crippen LogP contribution is 2.21. The maximum absolute atomic E-state index is 10.6. The summed E-state index contributed by atoms with van der Waals surface area (Å²) in [6.07, 6.45) is 3.83. The molecule has 0 amide bonds. The number of ketones is 1. The van der Waals surface area contributed by atoms with Gasteiger partial charge in [-0.1, -0.05) is 0 Å². The van der Waals surface area contributed by atoms with Gasteiger partial charge in [0.05, 0.1) is 6.10 Å². The molecule has 2 nitrogen and oxygen atoms in total.